The molecule has 4 rings (SSSR count). The van der Waals surface area contributed by atoms with E-state index in [1.165, 1.54) is 5.56 Å². The molecule has 0 aliphatic carbocycles. The average molecular weight is 371 g/mol. The number of aryl methyl sites for hydroxylation is 1. The van der Waals surface area contributed by atoms with E-state index >= 15 is 0 Å². The van der Waals surface area contributed by atoms with E-state index < -0.39 is 0 Å². The Hall–Kier alpha value is -3.21. The van der Waals surface area contributed by atoms with Gasteiger partial charge in [-0.2, -0.15) is 4.98 Å². The van der Waals surface area contributed by atoms with Crippen molar-refractivity contribution < 1.29 is 0 Å². The third-order valence-corrected chi connectivity index (χ3v) is 4.90. The minimum absolute atomic E-state index is 0.120. The van der Waals surface area contributed by atoms with Gasteiger partial charge in [0.1, 0.15) is 12.1 Å². The first-order valence-corrected chi connectivity index (χ1v) is 9.86. The fraction of sp³-hybridized carbons (Fsp3) is 0.261. The second kappa shape index (κ2) is 8.21. The summed E-state index contributed by atoms with van der Waals surface area (Å²) in [5.41, 5.74) is 4.26. The summed E-state index contributed by atoms with van der Waals surface area (Å²) in [4.78, 5) is 14.1. The number of anilines is 1. The second-order valence-electron chi connectivity index (χ2n) is 7.02. The SMILES string of the molecule is CCCCc1cc(-n2cnc3ccccc32)nc(N[C@@H](C)c2ccccc2)n1. The van der Waals surface area contributed by atoms with Gasteiger partial charge in [-0.25, -0.2) is 9.97 Å². The number of hydrogen-bond donors (Lipinski definition) is 1. The molecule has 5 nitrogen and oxygen atoms in total. The normalized spacial score (nSPS) is 12.2. The molecular weight excluding hydrogens is 346 g/mol. The predicted molar refractivity (Wildman–Crippen MR) is 114 cm³/mol. The zero-order valence-electron chi connectivity index (χ0n) is 16.3. The van der Waals surface area contributed by atoms with Gasteiger partial charge in [0.15, 0.2) is 0 Å². The fourth-order valence-corrected chi connectivity index (χ4v) is 3.32. The summed E-state index contributed by atoms with van der Waals surface area (Å²) in [7, 11) is 0. The van der Waals surface area contributed by atoms with Crippen molar-refractivity contribution in [1.82, 2.24) is 19.5 Å². The van der Waals surface area contributed by atoms with Crippen molar-refractivity contribution in [3.8, 4) is 5.82 Å². The van der Waals surface area contributed by atoms with Gasteiger partial charge in [0, 0.05) is 11.8 Å². The number of fused-ring (bicyclic) bond motifs is 1. The molecule has 0 radical (unpaired) electrons. The first kappa shape index (κ1) is 18.2. The standard InChI is InChI=1S/C23H25N5/c1-3-4-12-19-15-22(28-16-24-20-13-8-9-14-21(20)28)27-23(26-19)25-17(2)18-10-6-5-7-11-18/h5-11,13-17H,3-4,12H2,1-2H3,(H,25,26,27)/t17-/m0/s1. The molecular formula is C23H25N5. The third kappa shape index (κ3) is 3.88. The van der Waals surface area contributed by atoms with Gasteiger partial charge in [-0.1, -0.05) is 55.8 Å². The molecule has 2 aromatic carbocycles. The maximum atomic E-state index is 4.80. The fourth-order valence-electron chi connectivity index (χ4n) is 3.32. The first-order chi connectivity index (χ1) is 13.7. The Morgan fingerprint density at radius 3 is 2.61 bits per heavy atom. The van der Waals surface area contributed by atoms with Crippen LogP contribution in [0.3, 0.4) is 0 Å². The van der Waals surface area contributed by atoms with Crippen molar-refractivity contribution in [2.24, 2.45) is 0 Å². The highest BCUT2D eigenvalue weighted by molar-refractivity contribution is 5.76. The summed E-state index contributed by atoms with van der Waals surface area (Å²) in [6, 6.07) is 20.7. The van der Waals surface area contributed by atoms with Gasteiger partial charge in [-0.15, -0.1) is 0 Å². The van der Waals surface area contributed by atoms with Gasteiger partial charge in [0.25, 0.3) is 0 Å². The van der Waals surface area contributed by atoms with E-state index in [-0.39, 0.29) is 6.04 Å². The summed E-state index contributed by atoms with van der Waals surface area (Å²) in [5, 5.41) is 3.47. The van der Waals surface area contributed by atoms with E-state index in [0.29, 0.717) is 5.95 Å². The molecule has 5 heteroatoms. The van der Waals surface area contributed by atoms with Crippen LogP contribution in [0.4, 0.5) is 5.95 Å². The lowest BCUT2D eigenvalue weighted by molar-refractivity contribution is 0.766. The van der Waals surface area contributed by atoms with Gasteiger partial charge in [0.2, 0.25) is 5.95 Å². The average Bonchev–Trinajstić information content (AvgIpc) is 3.17. The quantitative estimate of drug-likeness (QED) is 0.477. The Balaban J connectivity index is 1.71. The number of para-hydroxylation sites is 2. The molecule has 28 heavy (non-hydrogen) atoms. The van der Waals surface area contributed by atoms with E-state index in [1.54, 1.807) is 0 Å². The van der Waals surface area contributed by atoms with Crippen molar-refractivity contribution in [1.29, 1.82) is 0 Å². The molecule has 0 aliphatic heterocycles. The molecule has 0 unspecified atom stereocenters. The maximum absolute atomic E-state index is 4.80. The van der Waals surface area contributed by atoms with Crippen molar-refractivity contribution in [2.75, 3.05) is 5.32 Å². The van der Waals surface area contributed by atoms with Crippen molar-refractivity contribution in [2.45, 2.75) is 39.2 Å². The van der Waals surface area contributed by atoms with Crippen LogP contribution in [0, 0.1) is 0 Å². The number of benzene rings is 2. The highest BCUT2D eigenvalue weighted by atomic mass is 15.2. The number of imidazole rings is 1. The van der Waals surface area contributed by atoms with Crippen LogP contribution in [0.25, 0.3) is 16.9 Å². The molecule has 0 fully saturated rings. The summed E-state index contributed by atoms with van der Waals surface area (Å²) in [6.07, 6.45) is 5.01. The Kier molecular flexibility index (Phi) is 5.33. The van der Waals surface area contributed by atoms with Crippen LogP contribution in [0.1, 0.15) is 44.0 Å². The molecule has 4 aromatic rings. The highest BCUT2D eigenvalue weighted by Gasteiger charge is 2.12. The molecule has 2 heterocycles. The molecule has 0 aliphatic rings. The molecule has 0 saturated carbocycles. The van der Waals surface area contributed by atoms with Crippen LogP contribution in [0.2, 0.25) is 0 Å². The zero-order valence-corrected chi connectivity index (χ0v) is 16.3. The molecule has 0 amide bonds. The minimum Gasteiger partial charge on any atom is -0.348 e. The molecule has 0 saturated heterocycles. The van der Waals surface area contributed by atoms with Crippen LogP contribution in [-0.2, 0) is 6.42 Å². The number of hydrogen-bond acceptors (Lipinski definition) is 4. The van der Waals surface area contributed by atoms with Crippen LogP contribution in [0.5, 0.6) is 0 Å². The summed E-state index contributed by atoms with van der Waals surface area (Å²) in [5.74, 6) is 1.50. The monoisotopic (exact) mass is 371 g/mol. The van der Waals surface area contributed by atoms with Crippen LogP contribution in [0.15, 0.2) is 67.0 Å². The molecule has 1 atom stereocenters. The lowest BCUT2D eigenvalue weighted by Crippen LogP contribution is -2.12. The largest absolute Gasteiger partial charge is 0.348 e. The lowest BCUT2D eigenvalue weighted by atomic mass is 10.1. The number of unbranched alkanes of at least 4 members (excludes halogenated alkanes) is 1. The summed E-state index contributed by atoms with van der Waals surface area (Å²) < 4.78 is 2.03. The van der Waals surface area contributed by atoms with E-state index in [9.17, 15) is 0 Å². The van der Waals surface area contributed by atoms with Gasteiger partial charge < -0.3 is 5.32 Å². The number of nitrogens with zero attached hydrogens (tertiary/aromatic N) is 4. The summed E-state index contributed by atoms with van der Waals surface area (Å²) >= 11 is 0. The molecule has 1 N–H and O–H groups in total. The van der Waals surface area contributed by atoms with Gasteiger partial charge in [0.05, 0.1) is 17.1 Å². The Bertz CT molecular complexity index is 1050. The Morgan fingerprint density at radius 1 is 1.00 bits per heavy atom. The van der Waals surface area contributed by atoms with Crippen LogP contribution < -0.4 is 5.32 Å². The smallest absolute Gasteiger partial charge is 0.225 e. The lowest BCUT2D eigenvalue weighted by Gasteiger charge is -2.16. The predicted octanol–water partition coefficient (Wildman–Crippen LogP) is 5.33. The van der Waals surface area contributed by atoms with E-state index in [4.69, 9.17) is 9.97 Å². The van der Waals surface area contributed by atoms with Crippen molar-refractivity contribution in [3.05, 3.63) is 78.2 Å². The van der Waals surface area contributed by atoms with Gasteiger partial charge >= 0.3 is 0 Å². The topological polar surface area (TPSA) is 55.6 Å². The van der Waals surface area contributed by atoms with E-state index in [2.05, 4.69) is 60.5 Å². The molecule has 0 spiro atoms. The Labute approximate surface area is 165 Å². The van der Waals surface area contributed by atoms with E-state index in [1.807, 2.05) is 35.2 Å². The van der Waals surface area contributed by atoms with Crippen molar-refractivity contribution in [3.63, 3.8) is 0 Å². The first-order valence-electron chi connectivity index (χ1n) is 9.86. The van der Waals surface area contributed by atoms with Crippen LogP contribution in [-0.4, -0.2) is 19.5 Å². The van der Waals surface area contributed by atoms with Crippen LogP contribution >= 0.6 is 0 Å². The van der Waals surface area contributed by atoms with E-state index in [0.717, 1.165) is 41.8 Å². The molecule has 0 bridgehead atoms. The highest BCUT2D eigenvalue weighted by Crippen LogP contribution is 2.21. The number of rotatable bonds is 7. The maximum Gasteiger partial charge on any atom is 0.225 e. The van der Waals surface area contributed by atoms with Gasteiger partial charge in [-0.3, -0.25) is 4.57 Å². The summed E-state index contributed by atoms with van der Waals surface area (Å²) in [6.45, 7) is 4.33. The van der Waals surface area contributed by atoms with Crippen molar-refractivity contribution >= 4 is 17.0 Å². The third-order valence-electron chi connectivity index (χ3n) is 4.90. The number of aromatic nitrogens is 4. The zero-order chi connectivity index (χ0) is 19.3. The Morgan fingerprint density at radius 2 is 1.79 bits per heavy atom. The van der Waals surface area contributed by atoms with Gasteiger partial charge in [-0.05, 0) is 37.5 Å². The minimum atomic E-state index is 0.120. The second-order valence-corrected chi connectivity index (χ2v) is 7.02. The number of nitrogens with one attached hydrogen (secondary N) is 1. The molecule has 2 aromatic heterocycles. The molecule has 142 valence electrons.